The van der Waals surface area contributed by atoms with Crippen molar-refractivity contribution in [2.75, 3.05) is 18.9 Å². The van der Waals surface area contributed by atoms with E-state index in [1.165, 1.54) is 0 Å². The fraction of sp³-hybridized carbons (Fsp3) is 0.286. The normalized spacial score (nSPS) is 9.85. The SMILES string of the molecule is CNCCCC(=O)Nc1ccccc1-n1cccn1.Cl. The lowest BCUT2D eigenvalue weighted by atomic mass is 10.2. The Balaban J connectivity index is 0.00000200. The molecule has 2 N–H and O–H groups in total. The zero-order valence-electron chi connectivity index (χ0n) is 11.4. The third-order valence-corrected chi connectivity index (χ3v) is 2.76. The van der Waals surface area contributed by atoms with E-state index in [1.54, 1.807) is 10.9 Å². The van der Waals surface area contributed by atoms with Gasteiger partial charge in [-0.05, 0) is 38.2 Å². The van der Waals surface area contributed by atoms with Crippen LogP contribution in [0.2, 0.25) is 0 Å². The quantitative estimate of drug-likeness (QED) is 0.803. The molecule has 1 heterocycles. The number of para-hydroxylation sites is 2. The topological polar surface area (TPSA) is 59.0 Å². The number of benzene rings is 1. The summed E-state index contributed by atoms with van der Waals surface area (Å²) < 4.78 is 1.74. The second-order valence-electron chi connectivity index (χ2n) is 4.22. The molecule has 1 amide bonds. The summed E-state index contributed by atoms with van der Waals surface area (Å²) in [6.45, 7) is 0.841. The van der Waals surface area contributed by atoms with Gasteiger partial charge in [0.25, 0.3) is 0 Å². The molecule has 0 bridgehead atoms. The molecule has 0 unspecified atom stereocenters. The monoisotopic (exact) mass is 294 g/mol. The van der Waals surface area contributed by atoms with Gasteiger partial charge < -0.3 is 10.6 Å². The molecule has 2 rings (SSSR count). The first-order chi connectivity index (χ1) is 9.31. The number of hydrogen-bond donors (Lipinski definition) is 2. The molecule has 6 heteroatoms. The molecule has 0 radical (unpaired) electrons. The number of carbonyl (C=O) groups excluding carboxylic acids is 1. The van der Waals surface area contributed by atoms with Crippen molar-refractivity contribution in [1.29, 1.82) is 0 Å². The van der Waals surface area contributed by atoms with Gasteiger partial charge in [-0.25, -0.2) is 4.68 Å². The lowest BCUT2D eigenvalue weighted by Gasteiger charge is -2.10. The summed E-state index contributed by atoms with van der Waals surface area (Å²) in [6, 6.07) is 9.48. The number of amides is 1. The molecule has 0 spiro atoms. The molecule has 108 valence electrons. The van der Waals surface area contributed by atoms with Crippen molar-refractivity contribution >= 4 is 24.0 Å². The Labute approximate surface area is 124 Å². The molecule has 5 nitrogen and oxygen atoms in total. The predicted molar refractivity (Wildman–Crippen MR) is 82.6 cm³/mol. The standard InChI is InChI=1S/C14H18N4O.ClH/c1-15-9-4-8-14(19)17-12-6-2-3-7-13(12)18-11-5-10-16-18;/h2-3,5-7,10-11,15H,4,8-9H2,1H3,(H,17,19);1H. The predicted octanol–water partition coefficient (Wildman–Crippen LogP) is 2.23. The Hall–Kier alpha value is -1.85. The van der Waals surface area contributed by atoms with Gasteiger partial charge in [-0.2, -0.15) is 5.10 Å². The van der Waals surface area contributed by atoms with Gasteiger partial charge in [0, 0.05) is 18.8 Å². The van der Waals surface area contributed by atoms with Crippen molar-refractivity contribution in [3.05, 3.63) is 42.7 Å². The number of anilines is 1. The van der Waals surface area contributed by atoms with Gasteiger partial charge in [0.1, 0.15) is 0 Å². The molecule has 0 saturated carbocycles. The number of halogens is 1. The van der Waals surface area contributed by atoms with Gasteiger partial charge in [-0.1, -0.05) is 12.1 Å². The van der Waals surface area contributed by atoms with E-state index in [0.717, 1.165) is 24.3 Å². The van der Waals surface area contributed by atoms with Crippen molar-refractivity contribution < 1.29 is 4.79 Å². The minimum Gasteiger partial charge on any atom is -0.324 e. The van der Waals surface area contributed by atoms with Crippen LogP contribution < -0.4 is 10.6 Å². The van der Waals surface area contributed by atoms with Crippen molar-refractivity contribution in [2.24, 2.45) is 0 Å². The number of nitrogens with one attached hydrogen (secondary N) is 2. The fourth-order valence-corrected chi connectivity index (χ4v) is 1.83. The third kappa shape index (κ3) is 4.36. The van der Waals surface area contributed by atoms with Crippen LogP contribution in [0.15, 0.2) is 42.7 Å². The van der Waals surface area contributed by atoms with Gasteiger partial charge in [0.15, 0.2) is 0 Å². The fourth-order valence-electron chi connectivity index (χ4n) is 1.83. The van der Waals surface area contributed by atoms with E-state index in [-0.39, 0.29) is 18.3 Å². The van der Waals surface area contributed by atoms with E-state index in [2.05, 4.69) is 15.7 Å². The molecule has 20 heavy (non-hydrogen) atoms. The molecule has 0 saturated heterocycles. The van der Waals surface area contributed by atoms with Crippen LogP contribution in [0.3, 0.4) is 0 Å². The first kappa shape index (κ1) is 16.2. The maximum atomic E-state index is 11.8. The van der Waals surface area contributed by atoms with Crippen LogP contribution in [0.1, 0.15) is 12.8 Å². The highest BCUT2D eigenvalue weighted by Gasteiger charge is 2.07. The van der Waals surface area contributed by atoms with Crippen molar-refractivity contribution in [3.8, 4) is 5.69 Å². The molecule has 0 aliphatic heterocycles. The summed E-state index contributed by atoms with van der Waals surface area (Å²) in [7, 11) is 1.88. The van der Waals surface area contributed by atoms with E-state index >= 15 is 0 Å². The van der Waals surface area contributed by atoms with E-state index < -0.39 is 0 Å². The molecule has 1 aromatic carbocycles. The number of rotatable bonds is 6. The summed E-state index contributed by atoms with van der Waals surface area (Å²) in [4.78, 5) is 11.8. The molecular weight excluding hydrogens is 276 g/mol. The third-order valence-electron chi connectivity index (χ3n) is 2.76. The number of aromatic nitrogens is 2. The Morgan fingerprint density at radius 3 is 2.80 bits per heavy atom. The molecule has 0 aliphatic carbocycles. The van der Waals surface area contributed by atoms with E-state index in [4.69, 9.17) is 0 Å². The Morgan fingerprint density at radius 1 is 1.30 bits per heavy atom. The molecule has 0 aliphatic rings. The van der Waals surface area contributed by atoms with Gasteiger partial charge in [0.05, 0.1) is 11.4 Å². The minimum atomic E-state index is 0. The van der Waals surface area contributed by atoms with Gasteiger partial charge >= 0.3 is 0 Å². The van der Waals surface area contributed by atoms with E-state index in [9.17, 15) is 4.79 Å². The summed E-state index contributed by atoms with van der Waals surface area (Å²) >= 11 is 0. The average Bonchev–Trinajstić information content (AvgIpc) is 2.93. The van der Waals surface area contributed by atoms with Gasteiger partial charge in [0.2, 0.25) is 5.91 Å². The highest BCUT2D eigenvalue weighted by molar-refractivity contribution is 5.92. The largest absolute Gasteiger partial charge is 0.324 e. The number of carbonyl (C=O) groups is 1. The van der Waals surface area contributed by atoms with E-state index in [1.807, 2.05) is 43.6 Å². The van der Waals surface area contributed by atoms with Gasteiger partial charge in [-0.3, -0.25) is 4.79 Å². The summed E-state index contributed by atoms with van der Waals surface area (Å²) in [5, 5.41) is 10.1. The minimum absolute atomic E-state index is 0. The zero-order chi connectivity index (χ0) is 13.5. The van der Waals surface area contributed by atoms with Crippen molar-refractivity contribution in [3.63, 3.8) is 0 Å². The summed E-state index contributed by atoms with van der Waals surface area (Å²) in [5.74, 6) is 0.0230. The highest BCUT2D eigenvalue weighted by Crippen LogP contribution is 2.19. The maximum Gasteiger partial charge on any atom is 0.224 e. The summed E-state index contributed by atoms with van der Waals surface area (Å²) in [6.07, 6.45) is 4.90. The smallest absolute Gasteiger partial charge is 0.224 e. The maximum absolute atomic E-state index is 11.8. The number of nitrogens with zero attached hydrogens (tertiary/aromatic N) is 2. The van der Waals surface area contributed by atoms with Crippen LogP contribution in [-0.2, 0) is 4.79 Å². The lowest BCUT2D eigenvalue weighted by Crippen LogP contribution is -2.16. The molecular formula is C14H19ClN4O. The Bertz CT molecular complexity index is 528. The Morgan fingerprint density at radius 2 is 2.10 bits per heavy atom. The first-order valence-corrected chi connectivity index (χ1v) is 6.35. The van der Waals surface area contributed by atoms with Crippen LogP contribution in [0.25, 0.3) is 5.69 Å². The molecule has 1 aromatic heterocycles. The Kier molecular flexibility index (Phi) is 6.76. The highest BCUT2D eigenvalue weighted by atomic mass is 35.5. The van der Waals surface area contributed by atoms with Crippen molar-refractivity contribution in [2.45, 2.75) is 12.8 Å². The molecule has 2 aromatic rings. The first-order valence-electron chi connectivity index (χ1n) is 6.35. The van der Waals surface area contributed by atoms with E-state index in [0.29, 0.717) is 6.42 Å². The number of hydrogen-bond acceptors (Lipinski definition) is 3. The lowest BCUT2D eigenvalue weighted by molar-refractivity contribution is -0.116. The van der Waals surface area contributed by atoms with Crippen LogP contribution in [-0.4, -0.2) is 29.3 Å². The van der Waals surface area contributed by atoms with Crippen LogP contribution >= 0.6 is 12.4 Å². The van der Waals surface area contributed by atoms with Crippen LogP contribution in [0.4, 0.5) is 5.69 Å². The van der Waals surface area contributed by atoms with Crippen LogP contribution in [0.5, 0.6) is 0 Å². The van der Waals surface area contributed by atoms with Gasteiger partial charge in [-0.15, -0.1) is 12.4 Å². The molecule has 0 atom stereocenters. The summed E-state index contributed by atoms with van der Waals surface area (Å²) in [5.41, 5.74) is 1.65. The second-order valence-corrected chi connectivity index (χ2v) is 4.22. The molecule has 0 fully saturated rings. The van der Waals surface area contributed by atoms with Crippen molar-refractivity contribution in [1.82, 2.24) is 15.1 Å². The average molecular weight is 295 g/mol. The zero-order valence-corrected chi connectivity index (χ0v) is 12.2. The second kappa shape index (κ2) is 8.35. The van der Waals surface area contributed by atoms with Crippen LogP contribution in [0, 0.1) is 0 Å².